The quantitative estimate of drug-likeness (QED) is 0.876. The Labute approximate surface area is 117 Å². The van der Waals surface area contributed by atoms with Crippen LogP contribution in [0.15, 0.2) is 28.8 Å². The van der Waals surface area contributed by atoms with E-state index in [2.05, 4.69) is 20.8 Å². The molecule has 0 saturated heterocycles. The number of aryl methyl sites for hydroxylation is 1. The van der Waals surface area contributed by atoms with E-state index in [9.17, 15) is 4.79 Å². The Morgan fingerprint density at radius 2 is 2.20 bits per heavy atom. The maximum atomic E-state index is 11.4. The molecule has 0 bridgehead atoms. The monoisotopic (exact) mass is 274 g/mol. The van der Waals surface area contributed by atoms with Crippen molar-refractivity contribution >= 4 is 6.03 Å². The highest BCUT2D eigenvalue weighted by Crippen LogP contribution is 2.16. The topological polar surface area (TPSA) is 80.0 Å². The summed E-state index contributed by atoms with van der Waals surface area (Å²) in [6.45, 7) is 4.86. The lowest BCUT2D eigenvalue weighted by molar-refractivity contribution is 0.238. The third kappa shape index (κ3) is 3.81. The van der Waals surface area contributed by atoms with E-state index in [1.54, 1.807) is 0 Å². The van der Waals surface area contributed by atoms with E-state index in [0.717, 1.165) is 17.5 Å². The first-order chi connectivity index (χ1) is 9.69. The van der Waals surface area contributed by atoms with Gasteiger partial charge < -0.3 is 15.2 Å². The molecule has 6 heteroatoms. The number of nitrogens with one attached hydrogen (secondary N) is 2. The minimum atomic E-state index is -0.234. The second-order valence-corrected chi connectivity index (χ2v) is 4.49. The van der Waals surface area contributed by atoms with Crippen LogP contribution in [0.4, 0.5) is 4.79 Å². The average molecular weight is 274 g/mol. The van der Waals surface area contributed by atoms with Gasteiger partial charge in [0.25, 0.3) is 0 Å². The van der Waals surface area contributed by atoms with Gasteiger partial charge in [0.05, 0.1) is 6.54 Å². The molecule has 106 valence electrons. The molecular formula is C14H18N4O2. The second kappa shape index (κ2) is 6.70. The zero-order chi connectivity index (χ0) is 14.4. The molecule has 0 fully saturated rings. The Bertz CT molecular complexity index is 580. The lowest BCUT2D eigenvalue weighted by Gasteiger charge is -2.03. The van der Waals surface area contributed by atoms with Gasteiger partial charge in [-0.15, -0.1) is 0 Å². The molecule has 6 nitrogen and oxygen atoms in total. The molecule has 0 spiro atoms. The van der Waals surface area contributed by atoms with Gasteiger partial charge in [-0.3, -0.25) is 0 Å². The number of nitrogens with zero attached hydrogens (tertiary/aromatic N) is 2. The lowest BCUT2D eigenvalue weighted by Crippen LogP contribution is -2.35. The Balaban J connectivity index is 1.94. The van der Waals surface area contributed by atoms with Crippen LogP contribution < -0.4 is 10.6 Å². The molecule has 2 amide bonds. The van der Waals surface area contributed by atoms with Gasteiger partial charge in [0.2, 0.25) is 11.7 Å². The molecule has 0 saturated carbocycles. The van der Waals surface area contributed by atoms with Crippen LogP contribution in [-0.2, 0) is 6.54 Å². The molecule has 0 aliphatic heterocycles. The smallest absolute Gasteiger partial charge is 0.315 e. The van der Waals surface area contributed by atoms with Gasteiger partial charge in [0.1, 0.15) is 0 Å². The number of carbonyl (C=O) groups excluding carboxylic acids is 1. The third-order valence-corrected chi connectivity index (χ3v) is 2.68. The van der Waals surface area contributed by atoms with Gasteiger partial charge in [0.15, 0.2) is 0 Å². The van der Waals surface area contributed by atoms with Crippen LogP contribution in [0.2, 0.25) is 0 Å². The summed E-state index contributed by atoms with van der Waals surface area (Å²) in [6.07, 6.45) is 0.894. The zero-order valence-electron chi connectivity index (χ0n) is 11.6. The van der Waals surface area contributed by atoms with Gasteiger partial charge in [-0.05, 0) is 19.4 Å². The van der Waals surface area contributed by atoms with Crippen LogP contribution in [0.3, 0.4) is 0 Å². The lowest BCUT2D eigenvalue weighted by atomic mass is 10.1. The van der Waals surface area contributed by atoms with E-state index in [4.69, 9.17) is 4.52 Å². The minimum Gasteiger partial charge on any atom is -0.338 e. The Morgan fingerprint density at radius 1 is 1.35 bits per heavy atom. The summed E-state index contributed by atoms with van der Waals surface area (Å²) in [6, 6.07) is 7.61. The van der Waals surface area contributed by atoms with Crippen molar-refractivity contribution in [1.29, 1.82) is 0 Å². The first kappa shape index (κ1) is 14.0. The van der Waals surface area contributed by atoms with Crippen molar-refractivity contribution in [2.75, 3.05) is 6.54 Å². The highest BCUT2D eigenvalue weighted by atomic mass is 16.5. The molecule has 2 aromatic rings. The number of hydrogen-bond donors (Lipinski definition) is 2. The predicted molar refractivity (Wildman–Crippen MR) is 75.0 cm³/mol. The number of rotatable bonds is 5. The zero-order valence-corrected chi connectivity index (χ0v) is 11.6. The van der Waals surface area contributed by atoms with Gasteiger partial charge in [-0.25, -0.2) is 4.79 Å². The highest BCUT2D eigenvalue weighted by Gasteiger charge is 2.09. The van der Waals surface area contributed by atoms with Crippen LogP contribution in [0.5, 0.6) is 0 Å². The molecule has 1 aromatic heterocycles. The molecule has 0 radical (unpaired) electrons. The van der Waals surface area contributed by atoms with Crippen molar-refractivity contribution in [2.24, 2.45) is 0 Å². The average Bonchev–Trinajstić information content (AvgIpc) is 2.92. The normalized spacial score (nSPS) is 10.3. The molecular weight excluding hydrogens is 256 g/mol. The van der Waals surface area contributed by atoms with Gasteiger partial charge in [-0.1, -0.05) is 35.8 Å². The van der Waals surface area contributed by atoms with Crippen LogP contribution in [0.1, 0.15) is 24.8 Å². The summed E-state index contributed by atoms with van der Waals surface area (Å²) in [4.78, 5) is 15.6. The Hall–Kier alpha value is -2.37. The fourth-order valence-electron chi connectivity index (χ4n) is 1.68. The van der Waals surface area contributed by atoms with E-state index in [-0.39, 0.29) is 12.6 Å². The summed E-state index contributed by atoms with van der Waals surface area (Å²) in [5.74, 6) is 0.910. The SMILES string of the molecule is CCCNC(=O)NCc1nc(-c2cccc(C)c2)no1. The molecule has 2 rings (SSSR count). The molecule has 1 heterocycles. The first-order valence-corrected chi connectivity index (χ1v) is 6.60. The standard InChI is InChI=1S/C14H18N4O2/c1-3-7-15-14(19)16-9-12-17-13(18-20-12)11-6-4-5-10(2)8-11/h4-6,8H,3,7,9H2,1-2H3,(H2,15,16,19). The van der Waals surface area contributed by atoms with Crippen molar-refractivity contribution < 1.29 is 9.32 Å². The second-order valence-electron chi connectivity index (χ2n) is 4.49. The summed E-state index contributed by atoms with van der Waals surface area (Å²) in [5.41, 5.74) is 2.03. The molecule has 1 aromatic carbocycles. The number of urea groups is 1. The molecule has 0 aliphatic rings. The van der Waals surface area contributed by atoms with E-state index in [0.29, 0.717) is 18.3 Å². The fourth-order valence-corrected chi connectivity index (χ4v) is 1.68. The molecule has 0 atom stereocenters. The summed E-state index contributed by atoms with van der Waals surface area (Å²) in [7, 11) is 0. The van der Waals surface area contributed by atoms with Crippen molar-refractivity contribution in [1.82, 2.24) is 20.8 Å². The Morgan fingerprint density at radius 3 is 2.95 bits per heavy atom. The van der Waals surface area contributed by atoms with Gasteiger partial charge >= 0.3 is 6.03 Å². The van der Waals surface area contributed by atoms with Gasteiger partial charge in [0, 0.05) is 12.1 Å². The maximum absolute atomic E-state index is 11.4. The number of hydrogen-bond acceptors (Lipinski definition) is 4. The number of aromatic nitrogens is 2. The predicted octanol–water partition coefficient (Wildman–Crippen LogP) is 2.25. The van der Waals surface area contributed by atoms with Crippen LogP contribution in [-0.4, -0.2) is 22.7 Å². The molecule has 20 heavy (non-hydrogen) atoms. The van der Waals surface area contributed by atoms with Crippen molar-refractivity contribution in [3.8, 4) is 11.4 Å². The number of benzene rings is 1. The Kier molecular flexibility index (Phi) is 4.70. The van der Waals surface area contributed by atoms with Crippen molar-refractivity contribution in [3.63, 3.8) is 0 Å². The van der Waals surface area contributed by atoms with Crippen LogP contribution in [0, 0.1) is 6.92 Å². The largest absolute Gasteiger partial charge is 0.338 e. The van der Waals surface area contributed by atoms with E-state index in [1.165, 1.54) is 0 Å². The summed E-state index contributed by atoms with van der Waals surface area (Å²) < 4.78 is 5.11. The molecule has 0 aliphatic carbocycles. The van der Waals surface area contributed by atoms with E-state index in [1.807, 2.05) is 38.1 Å². The van der Waals surface area contributed by atoms with E-state index >= 15 is 0 Å². The summed E-state index contributed by atoms with van der Waals surface area (Å²) in [5, 5.41) is 9.28. The third-order valence-electron chi connectivity index (χ3n) is 2.68. The van der Waals surface area contributed by atoms with Crippen LogP contribution >= 0.6 is 0 Å². The van der Waals surface area contributed by atoms with Crippen molar-refractivity contribution in [3.05, 3.63) is 35.7 Å². The number of amides is 2. The minimum absolute atomic E-state index is 0.217. The first-order valence-electron chi connectivity index (χ1n) is 6.60. The number of carbonyl (C=O) groups is 1. The highest BCUT2D eigenvalue weighted by molar-refractivity contribution is 5.73. The fraction of sp³-hybridized carbons (Fsp3) is 0.357. The van der Waals surface area contributed by atoms with Crippen molar-refractivity contribution in [2.45, 2.75) is 26.8 Å². The molecule has 2 N–H and O–H groups in total. The van der Waals surface area contributed by atoms with E-state index < -0.39 is 0 Å². The van der Waals surface area contributed by atoms with Crippen LogP contribution in [0.25, 0.3) is 11.4 Å². The maximum Gasteiger partial charge on any atom is 0.315 e. The molecule has 0 unspecified atom stereocenters. The summed E-state index contributed by atoms with van der Waals surface area (Å²) >= 11 is 0. The van der Waals surface area contributed by atoms with Gasteiger partial charge in [-0.2, -0.15) is 4.98 Å².